The fourth-order valence-electron chi connectivity index (χ4n) is 3.04. The van der Waals surface area contributed by atoms with E-state index in [2.05, 4.69) is 9.97 Å². The zero-order valence-corrected chi connectivity index (χ0v) is 17.8. The van der Waals surface area contributed by atoms with E-state index < -0.39 is 46.1 Å². The summed E-state index contributed by atoms with van der Waals surface area (Å²) in [7, 11) is 0. The molecule has 0 saturated heterocycles. The summed E-state index contributed by atoms with van der Waals surface area (Å²) in [6.07, 6.45) is 3.71. The van der Waals surface area contributed by atoms with Crippen molar-refractivity contribution in [2.45, 2.75) is 12.8 Å². The van der Waals surface area contributed by atoms with Crippen molar-refractivity contribution in [3.63, 3.8) is 0 Å². The Labute approximate surface area is 193 Å². The van der Waals surface area contributed by atoms with Crippen LogP contribution in [0.2, 0.25) is 0 Å². The molecule has 0 aliphatic rings. The number of hydrogen-bond donors (Lipinski definition) is 2. The summed E-state index contributed by atoms with van der Waals surface area (Å²) in [6, 6.07) is 12.1. The second-order valence-electron chi connectivity index (χ2n) is 6.97. The van der Waals surface area contributed by atoms with Crippen molar-refractivity contribution in [1.82, 2.24) is 9.97 Å². The molecular weight excluding hydrogens is 444 g/mol. The minimum Gasteiger partial charge on any atom is -0.478 e. The molecule has 3 rings (SSSR count). The number of carboxylic acids is 2. The van der Waals surface area contributed by atoms with Crippen LogP contribution in [0.25, 0.3) is 0 Å². The standard InChI is InChI=1S/C24H20N2O8/c27-21(28)17-14-20(24(32)34-12-8-16-6-2-4-10-26-16)18(22(29)30)13-19(17)23(31)33-11-7-15-5-1-3-9-25-15/h1-6,9-10,13-14H,7-8,11-12H2,(H,27,28)(H,29,30). The summed E-state index contributed by atoms with van der Waals surface area (Å²) in [5, 5.41) is 19.1. The molecule has 0 amide bonds. The van der Waals surface area contributed by atoms with Crippen LogP contribution in [0.4, 0.5) is 0 Å². The number of aromatic carboxylic acids is 2. The fraction of sp³-hybridized carbons (Fsp3) is 0.167. The number of carbonyl (C=O) groups excluding carboxylic acids is 2. The number of carbonyl (C=O) groups is 4. The van der Waals surface area contributed by atoms with Crippen LogP contribution in [-0.4, -0.2) is 57.3 Å². The van der Waals surface area contributed by atoms with Crippen molar-refractivity contribution in [2.24, 2.45) is 0 Å². The molecule has 0 fully saturated rings. The first-order chi connectivity index (χ1) is 16.4. The van der Waals surface area contributed by atoms with Crippen LogP contribution in [0.3, 0.4) is 0 Å². The Bertz CT molecular complexity index is 1100. The smallest absolute Gasteiger partial charge is 0.339 e. The Hall–Kier alpha value is -4.60. The van der Waals surface area contributed by atoms with Crippen LogP contribution < -0.4 is 0 Å². The van der Waals surface area contributed by atoms with Crippen LogP contribution in [0.1, 0.15) is 52.8 Å². The molecule has 34 heavy (non-hydrogen) atoms. The van der Waals surface area contributed by atoms with Gasteiger partial charge in [-0.05, 0) is 36.4 Å². The lowest BCUT2D eigenvalue weighted by molar-refractivity contribution is 0.0482. The minimum atomic E-state index is -1.53. The second kappa shape index (κ2) is 11.3. The summed E-state index contributed by atoms with van der Waals surface area (Å²) in [6.45, 7) is -0.205. The molecule has 0 aliphatic carbocycles. The number of nitrogens with zero attached hydrogens (tertiary/aromatic N) is 2. The number of carboxylic acid groups (broad SMARTS) is 2. The van der Waals surface area contributed by atoms with Crippen molar-refractivity contribution < 1.29 is 38.9 Å². The third kappa shape index (κ3) is 6.22. The third-order valence-corrected chi connectivity index (χ3v) is 4.69. The molecule has 0 aliphatic heterocycles. The highest BCUT2D eigenvalue weighted by atomic mass is 16.5. The predicted molar refractivity (Wildman–Crippen MR) is 117 cm³/mol. The summed E-state index contributed by atoms with van der Waals surface area (Å²) in [5.74, 6) is -5.14. The molecule has 0 atom stereocenters. The van der Waals surface area contributed by atoms with Gasteiger partial charge in [0.25, 0.3) is 0 Å². The van der Waals surface area contributed by atoms with E-state index in [1.54, 1.807) is 48.8 Å². The molecule has 2 aromatic heterocycles. The summed E-state index contributed by atoms with van der Waals surface area (Å²) in [5.41, 5.74) is -0.825. The number of hydrogen-bond acceptors (Lipinski definition) is 8. The van der Waals surface area contributed by atoms with Gasteiger partial charge in [-0.1, -0.05) is 12.1 Å². The molecule has 1 aromatic carbocycles. The minimum absolute atomic E-state index is 0.103. The lowest BCUT2D eigenvalue weighted by Crippen LogP contribution is -2.19. The molecule has 10 nitrogen and oxygen atoms in total. The maximum atomic E-state index is 12.5. The van der Waals surface area contributed by atoms with E-state index in [1.165, 1.54) is 0 Å². The highest BCUT2D eigenvalue weighted by Crippen LogP contribution is 2.20. The first-order valence-electron chi connectivity index (χ1n) is 10.2. The monoisotopic (exact) mass is 464 g/mol. The average Bonchev–Trinajstić information content (AvgIpc) is 2.84. The predicted octanol–water partition coefficient (Wildman–Crippen LogP) is 2.67. The van der Waals surface area contributed by atoms with Crippen LogP contribution in [-0.2, 0) is 22.3 Å². The molecule has 0 bridgehead atoms. The Morgan fingerprint density at radius 3 is 1.38 bits per heavy atom. The number of esters is 2. The van der Waals surface area contributed by atoms with Crippen molar-refractivity contribution in [2.75, 3.05) is 13.2 Å². The zero-order valence-electron chi connectivity index (χ0n) is 17.8. The summed E-state index contributed by atoms with van der Waals surface area (Å²) in [4.78, 5) is 56.7. The highest BCUT2D eigenvalue weighted by Gasteiger charge is 2.27. The maximum Gasteiger partial charge on any atom is 0.339 e. The number of ether oxygens (including phenoxy) is 2. The quantitative estimate of drug-likeness (QED) is 0.428. The van der Waals surface area contributed by atoms with Gasteiger partial charge in [-0.25, -0.2) is 19.2 Å². The lowest BCUT2D eigenvalue weighted by Gasteiger charge is -2.12. The Kier molecular flexibility index (Phi) is 8.01. The van der Waals surface area contributed by atoms with Crippen molar-refractivity contribution in [3.05, 3.63) is 94.6 Å². The van der Waals surface area contributed by atoms with E-state index in [4.69, 9.17) is 9.47 Å². The van der Waals surface area contributed by atoms with E-state index in [0.29, 0.717) is 11.4 Å². The third-order valence-electron chi connectivity index (χ3n) is 4.69. The van der Waals surface area contributed by atoms with Gasteiger partial charge in [0, 0.05) is 36.6 Å². The van der Waals surface area contributed by atoms with Gasteiger partial charge in [0.05, 0.1) is 35.5 Å². The molecule has 174 valence electrons. The second-order valence-corrected chi connectivity index (χ2v) is 6.97. The van der Waals surface area contributed by atoms with E-state index in [1.807, 2.05) is 0 Å². The molecular formula is C24H20N2O8. The van der Waals surface area contributed by atoms with Gasteiger partial charge in [-0.3, -0.25) is 9.97 Å². The van der Waals surface area contributed by atoms with Gasteiger partial charge in [-0.15, -0.1) is 0 Å². The number of aromatic nitrogens is 2. The van der Waals surface area contributed by atoms with Crippen LogP contribution in [0.15, 0.2) is 60.9 Å². The summed E-state index contributed by atoms with van der Waals surface area (Å²) >= 11 is 0. The molecule has 0 spiro atoms. The largest absolute Gasteiger partial charge is 0.478 e. The van der Waals surface area contributed by atoms with E-state index in [-0.39, 0.29) is 26.1 Å². The normalized spacial score (nSPS) is 10.4. The molecule has 2 N–H and O–H groups in total. The molecule has 0 unspecified atom stereocenters. The van der Waals surface area contributed by atoms with Gasteiger partial charge in [0.2, 0.25) is 0 Å². The zero-order chi connectivity index (χ0) is 24.5. The van der Waals surface area contributed by atoms with E-state index >= 15 is 0 Å². The van der Waals surface area contributed by atoms with Gasteiger partial charge >= 0.3 is 23.9 Å². The Balaban J connectivity index is 1.77. The number of rotatable bonds is 10. The van der Waals surface area contributed by atoms with Gasteiger partial charge in [0.15, 0.2) is 0 Å². The molecule has 10 heteroatoms. The number of benzene rings is 1. The van der Waals surface area contributed by atoms with Crippen LogP contribution in [0.5, 0.6) is 0 Å². The van der Waals surface area contributed by atoms with Crippen molar-refractivity contribution in [3.8, 4) is 0 Å². The molecule has 3 aromatic rings. The molecule has 0 radical (unpaired) electrons. The average molecular weight is 464 g/mol. The van der Waals surface area contributed by atoms with E-state index in [0.717, 1.165) is 12.1 Å². The van der Waals surface area contributed by atoms with Crippen LogP contribution in [0, 0.1) is 0 Å². The lowest BCUT2D eigenvalue weighted by atomic mass is 9.98. The fourth-order valence-corrected chi connectivity index (χ4v) is 3.04. The molecule has 2 heterocycles. The highest BCUT2D eigenvalue weighted by molar-refractivity contribution is 6.09. The van der Waals surface area contributed by atoms with Gasteiger partial charge in [-0.2, -0.15) is 0 Å². The van der Waals surface area contributed by atoms with Gasteiger partial charge < -0.3 is 19.7 Å². The summed E-state index contributed by atoms with van der Waals surface area (Å²) < 4.78 is 10.2. The SMILES string of the molecule is O=C(O)c1cc(C(=O)OCCc2ccccn2)c(C(=O)O)cc1C(=O)OCCc1ccccn1. The topological polar surface area (TPSA) is 153 Å². The maximum absolute atomic E-state index is 12.5. The number of pyridine rings is 2. The van der Waals surface area contributed by atoms with Crippen LogP contribution >= 0.6 is 0 Å². The first-order valence-corrected chi connectivity index (χ1v) is 10.2. The molecule has 0 saturated carbocycles. The Morgan fingerprint density at radius 2 is 1.06 bits per heavy atom. The van der Waals surface area contributed by atoms with Crippen molar-refractivity contribution in [1.29, 1.82) is 0 Å². The van der Waals surface area contributed by atoms with Crippen molar-refractivity contribution >= 4 is 23.9 Å². The van der Waals surface area contributed by atoms with E-state index in [9.17, 15) is 29.4 Å². The first kappa shape index (κ1) is 24.1. The Morgan fingerprint density at radius 1 is 0.647 bits per heavy atom. The van der Waals surface area contributed by atoms with Gasteiger partial charge in [0.1, 0.15) is 0 Å².